The maximum atomic E-state index is 12.8. The topological polar surface area (TPSA) is 105 Å². The smallest absolute Gasteiger partial charge is 0.407 e. The fraction of sp³-hybridized carbons (Fsp3) is 0.556. The molecule has 184 valence electrons. The zero-order chi connectivity index (χ0) is 24.7. The van der Waals surface area contributed by atoms with Crippen molar-refractivity contribution in [3.63, 3.8) is 0 Å². The second-order valence-corrected chi connectivity index (χ2v) is 10.2. The number of rotatable bonds is 7. The summed E-state index contributed by atoms with van der Waals surface area (Å²) in [5, 5.41) is 15.8. The largest absolute Gasteiger partial charge is 0.444 e. The Kier molecular flexibility index (Phi) is 8.70. The molecule has 3 amide bonds. The molecular formula is C27H36N2O5. The third-order valence-corrected chi connectivity index (χ3v) is 6.28. The van der Waals surface area contributed by atoms with Gasteiger partial charge in [-0.25, -0.2) is 4.79 Å². The number of carbonyl (C=O) groups is 3. The zero-order valence-corrected chi connectivity index (χ0v) is 20.4. The van der Waals surface area contributed by atoms with E-state index in [1.807, 2.05) is 24.3 Å². The maximum absolute atomic E-state index is 12.8. The van der Waals surface area contributed by atoms with E-state index in [-0.39, 0.29) is 5.57 Å². The Morgan fingerprint density at radius 2 is 1.85 bits per heavy atom. The molecule has 1 saturated carbocycles. The molecule has 0 radical (unpaired) electrons. The van der Waals surface area contributed by atoms with Gasteiger partial charge >= 0.3 is 6.09 Å². The number of alkyl carbamates (subject to hydrolysis) is 1. The normalized spacial score (nSPS) is 17.7. The van der Waals surface area contributed by atoms with Crippen LogP contribution in [0.4, 0.5) is 4.79 Å². The number of amides is 3. The number of nitrogens with one attached hydrogen (secondary N) is 2. The van der Waals surface area contributed by atoms with Gasteiger partial charge in [-0.05, 0) is 63.2 Å². The van der Waals surface area contributed by atoms with Crippen molar-refractivity contribution in [1.82, 2.24) is 10.6 Å². The SMILES string of the molecule is CC(C)(C)OC(=O)NC(CCC1CCCCC1)C(O)C(=O)NC(=O)C1=C=CCc2ccccc21. The molecule has 2 aliphatic rings. The van der Waals surface area contributed by atoms with E-state index >= 15 is 0 Å². The summed E-state index contributed by atoms with van der Waals surface area (Å²) in [6.07, 6.45) is 7.11. The van der Waals surface area contributed by atoms with Crippen LogP contribution in [-0.4, -0.2) is 40.8 Å². The van der Waals surface area contributed by atoms with Crippen LogP contribution in [0.2, 0.25) is 0 Å². The summed E-state index contributed by atoms with van der Waals surface area (Å²) in [5.74, 6) is -0.981. The fourth-order valence-corrected chi connectivity index (χ4v) is 4.56. The van der Waals surface area contributed by atoms with E-state index in [0.717, 1.165) is 24.8 Å². The van der Waals surface area contributed by atoms with E-state index in [1.165, 1.54) is 19.3 Å². The molecule has 1 aromatic rings. The molecule has 3 N–H and O–H groups in total. The second kappa shape index (κ2) is 11.5. The van der Waals surface area contributed by atoms with Crippen molar-refractivity contribution in [2.45, 2.75) is 89.9 Å². The standard InChI is InChI=1S/C27H36N2O5/c1-27(2,3)34-26(33)28-22(17-16-18-10-5-4-6-11-18)23(30)25(32)29-24(31)21-15-9-13-19-12-7-8-14-20(19)21/h7-9,12,14,18,22-23,30H,4-6,10-11,13,16-17H2,1-3H3,(H,28,33)(H,29,31,32). The Balaban J connectivity index is 1.67. The van der Waals surface area contributed by atoms with Gasteiger partial charge in [-0.2, -0.15) is 0 Å². The van der Waals surface area contributed by atoms with E-state index in [4.69, 9.17) is 4.74 Å². The molecule has 3 rings (SSSR count). The van der Waals surface area contributed by atoms with Crippen LogP contribution in [0.15, 0.2) is 36.1 Å². The first-order valence-electron chi connectivity index (χ1n) is 12.2. The summed E-state index contributed by atoms with van der Waals surface area (Å²) in [6.45, 7) is 5.23. The van der Waals surface area contributed by atoms with Gasteiger partial charge in [0.2, 0.25) is 0 Å². The van der Waals surface area contributed by atoms with Crippen LogP contribution in [0.3, 0.4) is 0 Å². The summed E-state index contributed by atoms with van der Waals surface area (Å²) in [6, 6.07) is 6.57. The third kappa shape index (κ3) is 7.31. The highest BCUT2D eigenvalue weighted by atomic mass is 16.6. The van der Waals surface area contributed by atoms with E-state index in [9.17, 15) is 19.5 Å². The highest BCUT2D eigenvalue weighted by Gasteiger charge is 2.32. The summed E-state index contributed by atoms with van der Waals surface area (Å²) in [7, 11) is 0. The predicted octanol–water partition coefficient (Wildman–Crippen LogP) is 4.04. The molecule has 1 aromatic carbocycles. The first-order valence-corrected chi connectivity index (χ1v) is 12.2. The molecule has 2 atom stereocenters. The molecule has 0 bridgehead atoms. The first-order chi connectivity index (χ1) is 16.1. The van der Waals surface area contributed by atoms with Gasteiger partial charge in [0, 0.05) is 0 Å². The number of hydrogen-bond donors (Lipinski definition) is 3. The van der Waals surface area contributed by atoms with Crippen LogP contribution in [0.25, 0.3) is 5.57 Å². The lowest BCUT2D eigenvalue weighted by Crippen LogP contribution is -2.52. The van der Waals surface area contributed by atoms with Crippen molar-refractivity contribution in [1.29, 1.82) is 0 Å². The first kappa shape index (κ1) is 25.7. The number of aliphatic hydroxyl groups excluding tert-OH is 1. The third-order valence-electron chi connectivity index (χ3n) is 6.28. The van der Waals surface area contributed by atoms with Crippen molar-refractivity contribution < 1.29 is 24.2 Å². The minimum Gasteiger partial charge on any atom is -0.444 e. The number of carbonyl (C=O) groups excluding carboxylic acids is 3. The van der Waals surface area contributed by atoms with Gasteiger partial charge in [0.25, 0.3) is 11.8 Å². The molecule has 0 spiro atoms. The number of imide groups is 1. The molecule has 0 aromatic heterocycles. The summed E-state index contributed by atoms with van der Waals surface area (Å²) in [5.41, 5.74) is 4.15. The van der Waals surface area contributed by atoms with E-state index in [0.29, 0.717) is 24.3 Å². The van der Waals surface area contributed by atoms with E-state index < -0.39 is 35.7 Å². The van der Waals surface area contributed by atoms with Gasteiger partial charge in [-0.1, -0.05) is 56.4 Å². The molecule has 0 heterocycles. The maximum Gasteiger partial charge on any atom is 0.407 e. The van der Waals surface area contributed by atoms with Crippen molar-refractivity contribution in [3.8, 4) is 0 Å². The van der Waals surface area contributed by atoms with Crippen molar-refractivity contribution in [3.05, 3.63) is 47.2 Å². The Morgan fingerprint density at radius 1 is 1.15 bits per heavy atom. The van der Waals surface area contributed by atoms with Crippen LogP contribution in [0.5, 0.6) is 0 Å². The van der Waals surface area contributed by atoms with Gasteiger partial charge in [0.1, 0.15) is 5.60 Å². The molecule has 0 saturated heterocycles. The predicted molar refractivity (Wildman–Crippen MR) is 130 cm³/mol. The van der Waals surface area contributed by atoms with Gasteiger partial charge in [0.05, 0.1) is 11.6 Å². The molecule has 2 unspecified atom stereocenters. The van der Waals surface area contributed by atoms with Gasteiger partial charge in [-0.3, -0.25) is 14.9 Å². The lowest BCUT2D eigenvalue weighted by atomic mass is 9.84. The number of hydrogen-bond acceptors (Lipinski definition) is 5. The molecule has 2 aliphatic carbocycles. The van der Waals surface area contributed by atoms with Crippen LogP contribution >= 0.6 is 0 Å². The average Bonchev–Trinajstić information content (AvgIpc) is 2.80. The summed E-state index contributed by atoms with van der Waals surface area (Å²) in [4.78, 5) is 38.1. The van der Waals surface area contributed by atoms with Gasteiger partial charge in [-0.15, -0.1) is 5.73 Å². The van der Waals surface area contributed by atoms with Crippen LogP contribution in [-0.2, 0) is 20.7 Å². The van der Waals surface area contributed by atoms with Crippen molar-refractivity contribution in [2.24, 2.45) is 5.92 Å². The number of aliphatic hydroxyl groups is 1. The fourth-order valence-electron chi connectivity index (χ4n) is 4.56. The highest BCUT2D eigenvalue weighted by molar-refractivity contribution is 6.24. The molecule has 34 heavy (non-hydrogen) atoms. The summed E-state index contributed by atoms with van der Waals surface area (Å²) < 4.78 is 5.33. The average molecular weight is 469 g/mol. The second-order valence-electron chi connectivity index (χ2n) is 10.2. The number of fused-ring (bicyclic) bond motifs is 1. The van der Waals surface area contributed by atoms with Crippen LogP contribution in [0.1, 0.15) is 76.8 Å². The quantitative estimate of drug-likeness (QED) is 0.524. The van der Waals surface area contributed by atoms with Crippen LogP contribution < -0.4 is 10.6 Å². The van der Waals surface area contributed by atoms with Gasteiger partial charge < -0.3 is 15.2 Å². The number of benzene rings is 1. The van der Waals surface area contributed by atoms with Crippen molar-refractivity contribution >= 4 is 23.5 Å². The minimum atomic E-state index is -1.59. The minimum absolute atomic E-state index is 0.251. The number of ether oxygens (including phenoxy) is 1. The van der Waals surface area contributed by atoms with Crippen molar-refractivity contribution in [2.75, 3.05) is 0 Å². The molecule has 7 nitrogen and oxygen atoms in total. The summed E-state index contributed by atoms with van der Waals surface area (Å²) >= 11 is 0. The molecule has 0 aliphatic heterocycles. The Bertz CT molecular complexity index is 965. The molecule has 1 fully saturated rings. The monoisotopic (exact) mass is 468 g/mol. The Morgan fingerprint density at radius 3 is 2.56 bits per heavy atom. The van der Waals surface area contributed by atoms with E-state index in [1.54, 1.807) is 26.8 Å². The Hall–Kier alpha value is -2.89. The van der Waals surface area contributed by atoms with Crippen LogP contribution in [0, 0.1) is 5.92 Å². The van der Waals surface area contributed by atoms with E-state index in [2.05, 4.69) is 16.4 Å². The molecular weight excluding hydrogens is 432 g/mol. The lowest BCUT2D eigenvalue weighted by Gasteiger charge is -2.28. The molecule has 7 heteroatoms. The highest BCUT2D eigenvalue weighted by Crippen LogP contribution is 2.28. The lowest BCUT2D eigenvalue weighted by molar-refractivity contribution is -0.135. The zero-order valence-electron chi connectivity index (χ0n) is 20.4. The van der Waals surface area contributed by atoms with Gasteiger partial charge in [0.15, 0.2) is 6.10 Å². The Labute approximate surface area is 201 Å².